The van der Waals surface area contributed by atoms with Gasteiger partial charge in [0, 0.05) is 40.7 Å². The molecule has 3 aromatic rings. The molecule has 2 N–H and O–H groups in total. The van der Waals surface area contributed by atoms with E-state index in [9.17, 15) is 13.2 Å². The minimum Gasteiger partial charge on any atom is -0.493 e. The Labute approximate surface area is 199 Å². The molecule has 9 heteroatoms. The lowest BCUT2D eigenvalue weighted by Crippen LogP contribution is -2.26. The van der Waals surface area contributed by atoms with Gasteiger partial charge in [-0.25, -0.2) is 8.42 Å². The van der Waals surface area contributed by atoms with Crippen LogP contribution < -0.4 is 18.9 Å². The molecule has 1 aliphatic rings. The van der Waals surface area contributed by atoms with E-state index in [4.69, 9.17) is 14.2 Å². The summed E-state index contributed by atoms with van der Waals surface area (Å²) in [5, 5.41) is 0.777. The number of aryl methyl sites for hydroxylation is 1. The van der Waals surface area contributed by atoms with Crippen molar-refractivity contribution >= 4 is 32.4 Å². The predicted octanol–water partition coefficient (Wildman–Crippen LogP) is 4.71. The molecule has 0 unspecified atom stereocenters. The van der Waals surface area contributed by atoms with E-state index in [-0.39, 0.29) is 21.8 Å². The number of rotatable bonds is 7. The molecule has 0 amide bonds. The second kappa shape index (κ2) is 8.54. The number of carbonyl (C=O) groups excluding carboxylic acids is 1. The third-order valence-electron chi connectivity index (χ3n) is 6.22. The quantitative estimate of drug-likeness (QED) is 0.501. The van der Waals surface area contributed by atoms with Gasteiger partial charge in [-0.1, -0.05) is 20.8 Å². The van der Waals surface area contributed by atoms with Gasteiger partial charge >= 0.3 is 0 Å². The molecule has 0 bridgehead atoms. The molecule has 182 valence electrons. The number of H-pyrrole nitrogens is 1. The average molecular weight is 487 g/mol. The molecule has 0 fully saturated rings. The summed E-state index contributed by atoms with van der Waals surface area (Å²) in [6.45, 7) is 6.02. The zero-order valence-corrected chi connectivity index (χ0v) is 21.1. The highest BCUT2D eigenvalue weighted by molar-refractivity contribution is 7.92. The Kier molecular flexibility index (Phi) is 6.01. The van der Waals surface area contributed by atoms with Crippen molar-refractivity contribution in [3.8, 4) is 17.2 Å². The SMILES string of the molecule is CCc1cc2c3c([nH]c2cc1S(=O)(=O)Nc1cc(OC)c(OC)c(OC)c1)CC(C)(C)CC3=O. The van der Waals surface area contributed by atoms with Crippen LogP contribution in [-0.4, -0.2) is 40.5 Å². The molecular formula is C25H30N2O6S. The van der Waals surface area contributed by atoms with E-state index in [0.717, 1.165) is 17.5 Å². The number of benzene rings is 2. The van der Waals surface area contributed by atoms with Gasteiger partial charge < -0.3 is 19.2 Å². The summed E-state index contributed by atoms with van der Waals surface area (Å²) in [5.74, 6) is 1.13. The van der Waals surface area contributed by atoms with Gasteiger partial charge in [-0.15, -0.1) is 0 Å². The Balaban J connectivity index is 1.81. The van der Waals surface area contributed by atoms with Crippen LogP contribution in [0.2, 0.25) is 0 Å². The lowest BCUT2D eigenvalue weighted by atomic mass is 9.76. The van der Waals surface area contributed by atoms with E-state index >= 15 is 0 Å². The van der Waals surface area contributed by atoms with Crippen molar-refractivity contribution in [3.05, 3.63) is 41.1 Å². The van der Waals surface area contributed by atoms with Crippen molar-refractivity contribution in [1.29, 1.82) is 0 Å². The van der Waals surface area contributed by atoms with E-state index in [2.05, 4.69) is 23.6 Å². The second-order valence-electron chi connectivity index (χ2n) is 9.30. The monoisotopic (exact) mass is 486 g/mol. The molecule has 0 aliphatic heterocycles. The van der Waals surface area contributed by atoms with Gasteiger partial charge in [0.05, 0.1) is 31.9 Å². The number of anilines is 1. The summed E-state index contributed by atoms with van der Waals surface area (Å²) in [6.07, 6.45) is 1.69. The van der Waals surface area contributed by atoms with Crippen LogP contribution in [-0.2, 0) is 22.9 Å². The van der Waals surface area contributed by atoms with Crippen molar-refractivity contribution in [1.82, 2.24) is 4.98 Å². The van der Waals surface area contributed by atoms with Crippen molar-refractivity contribution in [2.75, 3.05) is 26.1 Å². The first-order chi connectivity index (χ1) is 16.0. The summed E-state index contributed by atoms with van der Waals surface area (Å²) < 4.78 is 45.6. The number of hydrogen-bond donors (Lipinski definition) is 2. The van der Waals surface area contributed by atoms with Crippen LogP contribution in [0.25, 0.3) is 10.9 Å². The van der Waals surface area contributed by atoms with E-state index < -0.39 is 10.0 Å². The molecule has 1 aliphatic carbocycles. The van der Waals surface area contributed by atoms with Gasteiger partial charge in [-0.2, -0.15) is 0 Å². The van der Waals surface area contributed by atoms with Gasteiger partial charge in [-0.3, -0.25) is 9.52 Å². The van der Waals surface area contributed by atoms with Crippen molar-refractivity contribution in [2.24, 2.45) is 5.41 Å². The highest BCUT2D eigenvalue weighted by Crippen LogP contribution is 2.42. The summed E-state index contributed by atoms with van der Waals surface area (Å²) in [4.78, 5) is 16.4. The van der Waals surface area contributed by atoms with Crippen LogP contribution in [0.3, 0.4) is 0 Å². The standard InChI is InChI=1S/C25H30N2O6S/c1-7-14-8-16-17(26-18-12-25(2,3)13-19(28)23(16)18)11-22(14)34(29,30)27-15-9-20(31-4)24(33-6)21(10-15)32-5/h8-11,26-27H,7,12-13H2,1-6H3. The van der Waals surface area contributed by atoms with Gasteiger partial charge in [0.1, 0.15) is 0 Å². The van der Waals surface area contributed by atoms with Gasteiger partial charge in [-0.05, 0) is 36.0 Å². The topological polar surface area (TPSA) is 107 Å². The Hall–Kier alpha value is -3.20. The second-order valence-corrected chi connectivity index (χ2v) is 10.9. The zero-order chi connectivity index (χ0) is 24.8. The fraction of sp³-hybridized carbons (Fsp3) is 0.400. The largest absolute Gasteiger partial charge is 0.493 e. The minimum atomic E-state index is -3.96. The molecule has 34 heavy (non-hydrogen) atoms. The normalized spacial score (nSPS) is 15.2. The maximum atomic E-state index is 13.5. The number of methoxy groups -OCH3 is 3. The molecular weight excluding hydrogens is 456 g/mol. The van der Waals surface area contributed by atoms with E-state index in [1.54, 1.807) is 6.07 Å². The Bertz CT molecular complexity index is 1360. The molecule has 0 atom stereocenters. The van der Waals surface area contributed by atoms with E-state index in [0.29, 0.717) is 46.7 Å². The van der Waals surface area contributed by atoms with Crippen molar-refractivity contribution in [3.63, 3.8) is 0 Å². The van der Waals surface area contributed by atoms with Crippen LogP contribution in [0.15, 0.2) is 29.2 Å². The Morgan fingerprint density at radius 2 is 1.65 bits per heavy atom. The smallest absolute Gasteiger partial charge is 0.262 e. The Morgan fingerprint density at radius 1 is 1.00 bits per heavy atom. The molecule has 8 nitrogen and oxygen atoms in total. The van der Waals surface area contributed by atoms with Crippen molar-refractivity contribution < 1.29 is 27.4 Å². The summed E-state index contributed by atoms with van der Waals surface area (Å²) in [5.41, 5.74) is 2.96. The molecule has 0 saturated carbocycles. The van der Waals surface area contributed by atoms with Gasteiger partial charge in [0.15, 0.2) is 17.3 Å². The molecule has 1 aromatic heterocycles. The number of ketones is 1. The molecule has 0 radical (unpaired) electrons. The predicted molar refractivity (Wildman–Crippen MR) is 131 cm³/mol. The number of Topliss-reactive ketones (excluding diaryl/α,β-unsaturated/α-hetero) is 1. The number of hydrogen-bond acceptors (Lipinski definition) is 6. The summed E-state index contributed by atoms with van der Waals surface area (Å²) in [6, 6.07) is 6.52. The molecule has 4 rings (SSSR count). The molecule has 2 aromatic carbocycles. The Morgan fingerprint density at radius 3 is 2.21 bits per heavy atom. The number of aromatic amines is 1. The van der Waals surface area contributed by atoms with E-state index in [1.165, 1.54) is 33.5 Å². The number of ether oxygens (including phenoxy) is 3. The van der Waals surface area contributed by atoms with E-state index in [1.807, 2.05) is 13.0 Å². The fourth-order valence-corrected chi connectivity index (χ4v) is 6.07. The minimum absolute atomic E-state index is 0.0886. The highest BCUT2D eigenvalue weighted by Gasteiger charge is 2.34. The average Bonchev–Trinajstić information content (AvgIpc) is 3.13. The lowest BCUT2D eigenvalue weighted by molar-refractivity contribution is 0.0913. The maximum Gasteiger partial charge on any atom is 0.262 e. The third kappa shape index (κ3) is 4.09. The molecule has 0 saturated heterocycles. The zero-order valence-electron chi connectivity index (χ0n) is 20.3. The van der Waals surface area contributed by atoms with Crippen LogP contribution in [0.1, 0.15) is 48.8 Å². The van der Waals surface area contributed by atoms with Gasteiger partial charge in [0.25, 0.3) is 10.0 Å². The summed E-state index contributed by atoms with van der Waals surface area (Å²) >= 11 is 0. The molecule has 0 spiro atoms. The van der Waals surface area contributed by atoms with Gasteiger partial charge in [0.2, 0.25) is 5.75 Å². The lowest BCUT2D eigenvalue weighted by Gasteiger charge is -2.28. The van der Waals surface area contributed by atoms with Crippen LogP contribution in [0.4, 0.5) is 5.69 Å². The van der Waals surface area contributed by atoms with Crippen LogP contribution in [0.5, 0.6) is 17.2 Å². The molecule has 1 heterocycles. The first-order valence-electron chi connectivity index (χ1n) is 11.1. The van der Waals surface area contributed by atoms with Crippen LogP contribution >= 0.6 is 0 Å². The summed E-state index contributed by atoms with van der Waals surface area (Å²) in [7, 11) is 0.452. The van der Waals surface area contributed by atoms with Crippen molar-refractivity contribution in [2.45, 2.75) is 44.9 Å². The van der Waals surface area contributed by atoms with Crippen LogP contribution in [0, 0.1) is 5.41 Å². The number of carbonyl (C=O) groups is 1. The first-order valence-corrected chi connectivity index (χ1v) is 12.6. The number of sulfonamides is 1. The number of nitrogens with one attached hydrogen (secondary N) is 2. The number of fused-ring (bicyclic) bond motifs is 3. The fourth-order valence-electron chi connectivity index (χ4n) is 4.71. The number of aromatic nitrogens is 1. The third-order valence-corrected chi connectivity index (χ3v) is 7.68. The maximum absolute atomic E-state index is 13.5. The first kappa shape index (κ1) is 23.9. The highest BCUT2D eigenvalue weighted by atomic mass is 32.2.